The molecule has 0 fully saturated rings. The van der Waals surface area contributed by atoms with Crippen LogP contribution in [-0.2, 0) is 0 Å². The molecule has 0 aliphatic rings. The van der Waals surface area contributed by atoms with Crippen LogP contribution in [0.2, 0.25) is 0 Å². The molecule has 0 heterocycles. The van der Waals surface area contributed by atoms with Crippen molar-refractivity contribution in [1.82, 2.24) is 0 Å². The third-order valence-electron chi connectivity index (χ3n) is 1.43. The molecular weight excluding hydrogens is 136 g/mol. The average Bonchev–Trinajstić information content (AvgIpc) is 1.85. The lowest BCUT2D eigenvalue weighted by Crippen LogP contribution is -2.06. The standard InChI is InChI=1S/C10H16O/c1-5-9(4)7-10(11)6-8(2)3/h10-11H,1-2,6-7H2,3-4H3. The first-order valence-corrected chi connectivity index (χ1v) is 3.74. The molecule has 0 rings (SSSR count). The maximum absolute atomic E-state index is 9.37. The first kappa shape index (κ1) is 10.2. The summed E-state index contributed by atoms with van der Waals surface area (Å²) < 4.78 is 0. The highest BCUT2D eigenvalue weighted by molar-refractivity contribution is 4.99. The van der Waals surface area contributed by atoms with Crippen molar-refractivity contribution in [2.45, 2.75) is 32.8 Å². The zero-order valence-corrected chi connectivity index (χ0v) is 7.35. The molecule has 0 spiro atoms. The van der Waals surface area contributed by atoms with Crippen molar-refractivity contribution < 1.29 is 5.11 Å². The van der Waals surface area contributed by atoms with E-state index >= 15 is 0 Å². The van der Waals surface area contributed by atoms with Gasteiger partial charge in [-0.05, 0) is 25.8 Å². The summed E-state index contributed by atoms with van der Waals surface area (Å²) in [5, 5.41) is 9.37. The molecule has 0 radical (unpaired) electrons. The van der Waals surface area contributed by atoms with E-state index in [1.807, 2.05) is 13.8 Å². The Morgan fingerprint density at radius 1 is 1.45 bits per heavy atom. The minimum absolute atomic E-state index is 0.318. The summed E-state index contributed by atoms with van der Waals surface area (Å²) in [6.07, 6.45) is 0.997. The summed E-state index contributed by atoms with van der Waals surface area (Å²) >= 11 is 0. The van der Waals surface area contributed by atoms with Gasteiger partial charge in [-0.2, -0.15) is 0 Å². The summed E-state index contributed by atoms with van der Waals surface area (Å²) in [6.45, 7) is 11.0. The Balaban J connectivity index is 3.78. The van der Waals surface area contributed by atoms with E-state index in [2.05, 4.69) is 18.9 Å². The summed E-state index contributed by atoms with van der Waals surface area (Å²) in [4.78, 5) is 0. The maximum atomic E-state index is 9.37. The minimum atomic E-state index is -0.318. The third-order valence-corrected chi connectivity index (χ3v) is 1.43. The summed E-state index contributed by atoms with van der Waals surface area (Å²) in [5.74, 6) is 0. The molecule has 1 N–H and O–H groups in total. The van der Waals surface area contributed by atoms with Crippen molar-refractivity contribution in [1.29, 1.82) is 0 Å². The van der Waals surface area contributed by atoms with Gasteiger partial charge in [-0.1, -0.05) is 12.2 Å². The van der Waals surface area contributed by atoms with Crippen molar-refractivity contribution in [3.8, 4) is 0 Å². The first-order valence-electron chi connectivity index (χ1n) is 3.74. The zero-order valence-electron chi connectivity index (χ0n) is 7.35. The van der Waals surface area contributed by atoms with Gasteiger partial charge in [0.05, 0.1) is 6.10 Å². The number of hydrogen-bond acceptors (Lipinski definition) is 1. The van der Waals surface area contributed by atoms with E-state index < -0.39 is 0 Å². The van der Waals surface area contributed by atoms with E-state index in [9.17, 15) is 5.11 Å². The van der Waals surface area contributed by atoms with Gasteiger partial charge in [0.25, 0.3) is 0 Å². The van der Waals surface area contributed by atoms with Gasteiger partial charge in [0, 0.05) is 6.42 Å². The van der Waals surface area contributed by atoms with Crippen molar-refractivity contribution in [2.75, 3.05) is 0 Å². The lowest BCUT2D eigenvalue weighted by atomic mass is 10.0. The quantitative estimate of drug-likeness (QED) is 0.484. The van der Waals surface area contributed by atoms with E-state index in [4.69, 9.17) is 0 Å². The molecule has 0 saturated heterocycles. The predicted molar refractivity (Wildman–Crippen MR) is 48.4 cm³/mol. The lowest BCUT2D eigenvalue weighted by molar-refractivity contribution is 0.175. The Morgan fingerprint density at radius 3 is 2.36 bits per heavy atom. The van der Waals surface area contributed by atoms with E-state index in [0.29, 0.717) is 12.8 Å². The van der Waals surface area contributed by atoms with Crippen LogP contribution in [0.5, 0.6) is 0 Å². The Morgan fingerprint density at radius 2 is 2.00 bits per heavy atom. The highest BCUT2D eigenvalue weighted by Gasteiger charge is 2.03. The van der Waals surface area contributed by atoms with Crippen LogP contribution in [0.3, 0.4) is 0 Å². The van der Waals surface area contributed by atoms with E-state index in [0.717, 1.165) is 11.1 Å². The first-order chi connectivity index (χ1) is 5.06. The lowest BCUT2D eigenvalue weighted by Gasteiger charge is -2.08. The van der Waals surface area contributed by atoms with Gasteiger partial charge < -0.3 is 5.11 Å². The number of aliphatic hydroxyl groups is 1. The molecule has 0 aromatic heterocycles. The Hall–Kier alpha value is -0.780. The van der Waals surface area contributed by atoms with Gasteiger partial charge in [-0.15, -0.1) is 12.3 Å². The molecule has 0 aromatic rings. The van der Waals surface area contributed by atoms with E-state index in [1.165, 1.54) is 0 Å². The van der Waals surface area contributed by atoms with Crippen LogP contribution >= 0.6 is 0 Å². The van der Waals surface area contributed by atoms with Crippen LogP contribution in [0.15, 0.2) is 30.0 Å². The molecule has 0 saturated carbocycles. The second kappa shape index (κ2) is 4.95. The highest BCUT2D eigenvalue weighted by Crippen LogP contribution is 2.09. The van der Waals surface area contributed by atoms with Crippen LogP contribution in [0, 0.1) is 0 Å². The minimum Gasteiger partial charge on any atom is -0.392 e. The van der Waals surface area contributed by atoms with Crippen LogP contribution in [0.4, 0.5) is 0 Å². The number of hydrogen-bond donors (Lipinski definition) is 1. The molecule has 11 heavy (non-hydrogen) atoms. The fourth-order valence-corrected chi connectivity index (χ4v) is 0.900. The van der Waals surface area contributed by atoms with E-state index in [-0.39, 0.29) is 6.10 Å². The predicted octanol–water partition coefficient (Wildman–Crippen LogP) is 2.43. The van der Waals surface area contributed by atoms with Crippen molar-refractivity contribution >= 4 is 0 Å². The topological polar surface area (TPSA) is 20.2 Å². The molecule has 1 atom stereocenters. The molecule has 0 amide bonds. The maximum Gasteiger partial charge on any atom is 0.0620 e. The van der Waals surface area contributed by atoms with Gasteiger partial charge >= 0.3 is 0 Å². The zero-order chi connectivity index (χ0) is 8.85. The van der Waals surface area contributed by atoms with Crippen molar-refractivity contribution in [3.63, 3.8) is 0 Å². The molecule has 0 aromatic carbocycles. The third kappa shape index (κ3) is 5.65. The molecule has 1 unspecified atom stereocenters. The highest BCUT2D eigenvalue weighted by atomic mass is 16.3. The summed E-state index contributed by atoms with van der Waals surface area (Å²) in [5.41, 5.74) is 4.75. The molecule has 0 aliphatic heterocycles. The van der Waals surface area contributed by atoms with Crippen LogP contribution in [0.1, 0.15) is 26.7 Å². The smallest absolute Gasteiger partial charge is 0.0620 e. The van der Waals surface area contributed by atoms with Gasteiger partial charge in [0.1, 0.15) is 0 Å². The van der Waals surface area contributed by atoms with Crippen molar-refractivity contribution in [2.24, 2.45) is 0 Å². The SMILES string of the molecule is C=C=C(C)CC(O)CC(=C)C. The monoisotopic (exact) mass is 152 g/mol. The van der Waals surface area contributed by atoms with Crippen LogP contribution in [0.25, 0.3) is 0 Å². The largest absolute Gasteiger partial charge is 0.392 e. The van der Waals surface area contributed by atoms with Gasteiger partial charge in [0.2, 0.25) is 0 Å². The molecule has 1 nitrogen and oxygen atoms in total. The van der Waals surface area contributed by atoms with Gasteiger partial charge in [-0.3, -0.25) is 0 Å². The second-order valence-corrected chi connectivity index (χ2v) is 2.98. The average molecular weight is 152 g/mol. The number of aliphatic hydroxyl groups excluding tert-OH is 1. The number of rotatable bonds is 4. The van der Waals surface area contributed by atoms with Gasteiger partial charge in [-0.25, -0.2) is 0 Å². The Bertz CT molecular complexity index is 185. The van der Waals surface area contributed by atoms with Crippen LogP contribution < -0.4 is 0 Å². The Kier molecular flexibility index (Phi) is 4.60. The van der Waals surface area contributed by atoms with Crippen molar-refractivity contribution in [3.05, 3.63) is 30.0 Å². The molecule has 0 aliphatic carbocycles. The summed E-state index contributed by atoms with van der Waals surface area (Å²) in [7, 11) is 0. The van der Waals surface area contributed by atoms with Crippen LogP contribution in [-0.4, -0.2) is 11.2 Å². The Labute approximate surface area is 68.7 Å². The molecule has 0 bridgehead atoms. The molecular formula is C10H16O. The molecule has 62 valence electrons. The normalized spacial score (nSPS) is 11.9. The molecule has 1 heteroatoms. The van der Waals surface area contributed by atoms with E-state index in [1.54, 1.807) is 0 Å². The fourth-order valence-electron chi connectivity index (χ4n) is 0.900. The second-order valence-electron chi connectivity index (χ2n) is 2.98. The fraction of sp³-hybridized carbons (Fsp3) is 0.500. The van der Waals surface area contributed by atoms with Gasteiger partial charge in [0.15, 0.2) is 0 Å². The summed E-state index contributed by atoms with van der Waals surface area (Å²) in [6, 6.07) is 0.